The predicted molar refractivity (Wildman–Crippen MR) is 79.1 cm³/mol. The lowest BCUT2D eigenvalue weighted by Gasteiger charge is -2.18. The molecule has 0 aliphatic carbocycles. The van der Waals surface area contributed by atoms with Crippen LogP contribution in [0.4, 0.5) is 0 Å². The Morgan fingerprint density at radius 2 is 2.21 bits per heavy atom. The van der Waals surface area contributed by atoms with Crippen LogP contribution in [0.1, 0.15) is 28.3 Å². The van der Waals surface area contributed by atoms with E-state index in [0.29, 0.717) is 0 Å². The molecule has 0 saturated carbocycles. The van der Waals surface area contributed by atoms with E-state index < -0.39 is 0 Å². The van der Waals surface area contributed by atoms with Gasteiger partial charge in [0, 0.05) is 41.7 Å². The fraction of sp³-hybridized carbons (Fsp3) is 0.333. The fourth-order valence-electron chi connectivity index (χ4n) is 2.48. The molecular formula is C15H16BrN3. The van der Waals surface area contributed by atoms with Gasteiger partial charge in [-0.2, -0.15) is 0 Å². The molecule has 98 valence electrons. The first kappa shape index (κ1) is 12.8. The van der Waals surface area contributed by atoms with Crippen molar-refractivity contribution >= 4 is 15.9 Å². The molecule has 2 aromatic rings. The molecule has 19 heavy (non-hydrogen) atoms. The minimum absolute atomic E-state index is 0.793. The number of benzene rings is 1. The normalized spacial score (nSPS) is 14.2. The molecule has 0 radical (unpaired) electrons. The molecule has 0 spiro atoms. The summed E-state index contributed by atoms with van der Waals surface area (Å²) < 4.78 is 1.10. The van der Waals surface area contributed by atoms with E-state index in [1.807, 2.05) is 6.07 Å². The summed E-state index contributed by atoms with van der Waals surface area (Å²) in [6, 6.07) is 8.33. The summed E-state index contributed by atoms with van der Waals surface area (Å²) in [6.45, 7) is 4.00. The SMILES string of the molecule is Cc1nc(Cc2cccc(Br)c2)nc2c1CNCC2. The highest BCUT2D eigenvalue weighted by Crippen LogP contribution is 2.18. The van der Waals surface area contributed by atoms with Crippen molar-refractivity contribution in [3.8, 4) is 0 Å². The van der Waals surface area contributed by atoms with Crippen LogP contribution >= 0.6 is 15.9 Å². The van der Waals surface area contributed by atoms with E-state index in [9.17, 15) is 0 Å². The highest BCUT2D eigenvalue weighted by molar-refractivity contribution is 9.10. The number of nitrogens with zero attached hydrogens (tertiary/aromatic N) is 2. The van der Waals surface area contributed by atoms with Crippen LogP contribution in [0.2, 0.25) is 0 Å². The van der Waals surface area contributed by atoms with E-state index in [4.69, 9.17) is 4.98 Å². The standard InChI is InChI=1S/C15H16BrN3/c1-10-13-9-17-6-5-14(13)19-15(18-10)8-11-3-2-4-12(16)7-11/h2-4,7,17H,5-6,8-9H2,1H3. The molecule has 3 nitrogen and oxygen atoms in total. The summed E-state index contributed by atoms with van der Waals surface area (Å²) in [5, 5.41) is 3.37. The lowest BCUT2D eigenvalue weighted by atomic mass is 10.1. The number of hydrogen-bond donors (Lipinski definition) is 1. The van der Waals surface area contributed by atoms with Gasteiger partial charge in [-0.3, -0.25) is 0 Å². The molecule has 4 heteroatoms. The lowest BCUT2D eigenvalue weighted by molar-refractivity contribution is 0.615. The fourth-order valence-corrected chi connectivity index (χ4v) is 2.93. The molecule has 1 aromatic carbocycles. The minimum Gasteiger partial charge on any atom is -0.312 e. The van der Waals surface area contributed by atoms with Crippen molar-refractivity contribution < 1.29 is 0 Å². The van der Waals surface area contributed by atoms with Crippen molar-refractivity contribution in [3.05, 3.63) is 57.1 Å². The predicted octanol–water partition coefficient (Wildman–Crippen LogP) is 2.78. The third-order valence-corrected chi connectivity index (χ3v) is 3.93. The van der Waals surface area contributed by atoms with E-state index in [2.05, 4.69) is 51.4 Å². The zero-order valence-corrected chi connectivity index (χ0v) is 12.5. The van der Waals surface area contributed by atoms with Gasteiger partial charge in [-0.1, -0.05) is 28.1 Å². The van der Waals surface area contributed by atoms with E-state index in [0.717, 1.165) is 41.9 Å². The second-order valence-electron chi connectivity index (χ2n) is 4.88. The summed E-state index contributed by atoms with van der Waals surface area (Å²) in [5.74, 6) is 0.927. The van der Waals surface area contributed by atoms with Crippen molar-refractivity contribution in [3.63, 3.8) is 0 Å². The Morgan fingerprint density at radius 1 is 1.32 bits per heavy atom. The Hall–Kier alpha value is -1.26. The molecule has 1 aromatic heterocycles. The molecule has 0 bridgehead atoms. The Bertz CT molecular complexity index is 610. The van der Waals surface area contributed by atoms with Crippen molar-refractivity contribution in [2.45, 2.75) is 26.3 Å². The van der Waals surface area contributed by atoms with Crippen LogP contribution < -0.4 is 5.32 Å². The molecule has 0 amide bonds. The van der Waals surface area contributed by atoms with Gasteiger partial charge in [0.1, 0.15) is 5.82 Å². The van der Waals surface area contributed by atoms with Gasteiger partial charge in [-0.25, -0.2) is 9.97 Å². The molecule has 0 unspecified atom stereocenters. The number of rotatable bonds is 2. The van der Waals surface area contributed by atoms with Gasteiger partial charge >= 0.3 is 0 Å². The molecule has 1 aliphatic heterocycles. The zero-order chi connectivity index (χ0) is 13.2. The first-order chi connectivity index (χ1) is 9.22. The first-order valence-electron chi connectivity index (χ1n) is 6.53. The second-order valence-corrected chi connectivity index (χ2v) is 5.80. The number of halogens is 1. The van der Waals surface area contributed by atoms with Crippen molar-refractivity contribution in [1.82, 2.24) is 15.3 Å². The zero-order valence-electron chi connectivity index (χ0n) is 10.9. The molecule has 0 fully saturated rings. The number of fused-ring (bicyclic) bond motifs is 1. The van der Waals surface area contributed by atoms with Gasteiger partial charge in [-0.05, 0) is 24.6 Å². The van der Waals surface area contributed by atoms with Gasteiger partial charge in [-0.15, -0.1) is 0 Å². The van der Waals surface area contributed by atoms with Gasteiger partial charge in [0.25, 0.3) is 0 Å². The van der Waals surface area contributed by atoms with E-state index in [1.165, 1.54) is 16.8 Å². The second kappa shape index (κ2) is 5.39. The maximum atomic E-state index is 4.73. The summed E-state index contributed by atoms with van der Waals surface area (Å²) in [7, 11) is 0. The third-order valence-electron chi connectivity index (χ3n) is 3.44. The largest absolute Gasteiger partial charge is 0.312 e. The Morgan fingerprint density at radius 3 is 3.05 bits per heavy atom. The van der Waals surface area contributed by atoms with Gasteiger partial charge in [0.05, 0.1) is 5.69 Å². The Balaban J connectivity index is 1.91. The van der Waals surface area contributed by atoms with Crippen LogP contribution in [-0.2, 0) is 19.4 Å². The van der Waals surface area contributed by atoms with Crippen LogP contribution in [0, 0.1) is 6.92 Å². The third kappa shape index (κ3) is 2.85. The average Bonchev–Trinajstić information content (AvgIpc) is 2.39. The van der Waals surface area contributed by atoms with Gasteiger partial charge in [0.2, 0.25) is 0 Å². The lowest BCUT2D eigenvalue weighted by Crippen LogP contribution is -2.26. The minimum atomic E-state index is 0.793. The molecule has 0 saturated heterocycles. The molecule has 0 atom stereocenters. The van der Waals surface area contributed by atoms with Crippen LogP contribution in [-0.4, -0.2) is 16.5 Å². The monoisotopic (exact) mass is 317 g/mol. The maximum absolute atomic E-state index is 4.73. The highest BCUT2D eigenvalue weighted by Gasteiger charge is 2.15. The summed E-state index contributed by atoms with van der Waals surface area (Å²) in [5.41, 5.74) is 4.85. The van der Waals surface area contributed by atoms with Crippen LogP contribution in [0.5, 0.6) is 0 Å². The van der Waals surface area contributed by atoms with Crippen molar-refractivity contribution in [1.29, 1.82) is 0 Å². The average molecular weight is 318 g/mol. The summed E-state index contributed by atoms with van der Waals surface area (Å²) >= 11 is 3.50. The molecule has 1 aliphatic rings. The topological polar surface area (TPSA) is 37.8 Å². The number of nitrogens with one attached hydrogen (secondary N) is 1. The van der Waals surface area contributed by atoms with Crippen molar-refractivity contribution in [2.24, 2.45) is 0 Å². The number of hydrogen-bond acceptors (Lipinski definition) is 3. The molecule has 3 rings (SSSR count). The van der Waals surface area contributed by atoms with Gasteiger partial charge < -0.3 is 5.32 Å². The van der Waals surface area contributed by atoms with E-state index in [1.54, 1.807) is 0 Å². The maximum Gasteiger partial charge on any atom is 0.133 e. The van der Waals surface area contributed by atoms with Crippen molar-refractivity contribution in [2.75, 3.05) is 6.54 Å². The van der Waals surface area contributed by atoms with E-state index >= 15 is 0 Å². The van der Waals surface area contributed by atoms with Crippen LogP contribution in [0.15, 0.2) is 28.7 Å². The van der Waals surface area contributed by atoms with E-state index in [-0.39, 0.29) is 0 Å². The highest BCUT2D eigenvalue weighted by atomic mass is 79.9. The summed E-state index contributed by atoms with van der Waals surface area (Å²) in [4.78, 5) is 9.38. The molecular weight excluding hydrogens is 302 g/mol. The molecule has 1 N–H and O–H groups in total. The van der Waals surface area contributed by atoms with Crippen LogP contribution in [0.25, 0.3) is 0 Å². The Kier molecular flexibility index (Phi) is 3.62. The number of aromatic nitrogens is 2. The Labute approximate surface area is 121 Å². The summed E-state index contributed by atoms with van der Waals surface area (Å²) in [6.07, 6.45) is 1.80. The van der Waals surface area contributed by atoms with Crippen LogP contribution in [0.3, 0.4) is 0 Å². The first-order valence-corrected chi connectivity index (χ1v) is 7.32. The quantitative estimate of drug-likeness (QED) is 0.925. The number of aryl methyl sites for hydroxylation is 1. The molecule has 2 heterocycles. The smallest absolute Gasteiger partial charge is 0.133 e. The van der Waals surface area contributed by atoms with Gasteiger partial charge in [0.15, 0.2) is 0 Å².